The predicted molar refractivity (Wildman–Crippen MR) is 196 cm³/mol. The maximum absolute atomic E-state index is 14.1. The number of thioether (sulfide) groups is 1. The highest BCUT2D eigenvalue weighted by molar-refractivity contribution is 7.98. The zero-order chi connectivity index (χ0) is 35.5. The molecule has 0 saturated heterocycles. The first-order valence-corrected chi connectivity index (χ1v) is 18.3. The Morgan fingerprint density at radius 2 is 1.60 bits per heavy atom. The van der Waals surface area contributed by atoms with Gasteiger partial charge in [0, 0.05) is 23.5 Å². The van der Waals surface area contributed by atoms with Gasteiger partial charge in [0.15, 0.2) is 0 Å². The largest absolute Gasteiger partial charge is 0.481 e. The second kappa shape index (κ2) is 17.6. The van der Waals surface area contributed by atoms with E-state index < -0.39 is 17.7 Å². The van der Waals surface area contributed by atoms with Crippen molar-refractivity contribution in [1.29, 1.82) is 0 Å². The quantitative estimate of drug-likeness (QED) is 0.0838. The lowest BCUT2D eigenvalue weighted by molar-refractivity contribution is -0.136. The third-order valence-electron chi connectivity index (χ3n) is 8.71. The summed E-state index contributed by atoms with van der Waals surface area (Å²) in [7, 11) is 1.39. The summed E-state index contributed by atoms with van der Waals surface area (Å²) in [6.45, 7) is 0.0223. The Morgan fingerprint density at radius 3 is 2.26 bits per heavy atom. The summed E-state index contributed by atoms with van der Waals surface area (Å²) in [6.07, 6.45) is 6.18. The van der Waals surface area contributed by atoms with Gasteiger partial charge in [0.25, 0.3) is 5.91 Å². The Morgan fingerprint density at radius 1 is 0.900 bits per heavy atom. The molecule has 1 aliphatic carbocycles. The van der Waals surface area contributed by atoms with Gasteiger partial charge in [-0.05, 0) is 87.0 Å². The average molecular weight is 719 g/mol. The molecule has 0 aromatic heterocycles. The van der Waals surface area contributed by atoms with Crippen LogP contribution < -0.4 is 15.4 Å². The first-order chi connectivity index (χ1) is 24.0. The van der Waals surface area contributed by atoms with E-state index >= 15 is 0 Å². The molecule has 2 atom stereocenters. The summed E-state index contributed by atoms with van der Waals surface area (Å²) < 4.78 is 32.7. The Bertz CT molecular complexity index is 1750. The van der Waals surface area contributed by atoms with E-state index in [1.165, 1.54) is 51.9 Å². The van der Waals surface area contributed by atoms with Gasteiger partial charge in [-0.25, -0.2) is 0 Å². The molecule has 2 unspecified atom stereocenters. The fourth-order valence-corrected chi connectivity index (χ4v) is 7.21. The Kier molecular flexibility index (Phi) is 13.0. The highest BCUT2D eigenvalue weighted by Crippen LogP contribution is 2.39. The minimum atomic E-state index is -3.46. The van der Waals surface area contributed by atoms with E-state index in [-0.39, 0.29) is 30.5 Å². The summed E-state index contributed by atoms with van der Waals surface area (Å²) in [5.74, 6) is -4.67. The van der Waals surface area contributed by atoms with Crippen LogP contribution in [0.5, 0.6) is 5.75 Å². The van der Waals surface area contributed by atoms with E-state index in [4.69, 9.17) is 9.84 Å². The van der Waals surface area contributed by atoms with Crippen LogP contribution >= 0.6 is 21.0 Å². The lowest BCUT2D eigenvalue weighted by atomic mass is 9.83. The molecule has 0 radical (unpaired) electrons. The number of ether oxygens (including phenoxy) is 1. The molecule has 0 spiro atoms. The first kappa shape index (κ1) is 37.0. The van der Waals surface area contributed by atoms with Crippen LogP contribution in [0.3, 0.4) is 0 Å². The molecule has 50 heavy (non-hydrogen) atoms. The number of aliphatic carboxylic acids is 1. The maximum atomic E-state index is 14.1. The Labute approximate surface area is 297 Å². The molecule has 2 amide bonds. The molecule has 1 fully saturated rings. The number of amides is 2. The monoisotopic (exact) mass is 718 g/mol. The summed E-state index contributed by atoms with van der Waals surface area (Å²) in [5.41, 5.74) is 4.77. The summed E-state index contributed by atoms with van der Waals surface area (Å²) in [4.78, 5) is 37.8. The smallest absolute Gasteiger partial charge is 0.408 e. The van der Waals surface area contributed by atoms with Crippen LogP contribution in [-0.4, -0.2) is 35.3 Å². The van der Waals surface area contributed by atoms with Crippen molar-refractivity contribution in [3.05, 3.63) is 125 Å². The Balaban J connectivity index is 1.37. The number of carbonyl (C=O) groups excluding carboxylic acids is 2. The molecule has 4 aromatic carbocycles. The summed E-state index contributed by atoms with van der Waals surface area (Å²) >= 11 is 1.33. The van der Waals surface area contributed by atoms with Gasteiger partial charge in [0.2, 0.25) is 5.91 Å². The zero-order valence-corrected chi connectivity index (χ0v) is 29.5. The fourth-order valence-electron chi connectivity index (χ4n) is 6.11. The second-order valence-electron chi connectivity index (χ2n) is 12.4. The van der Waals surface area contributed by atoms with Gasteiger partial charge in [-0.15, -0.1) is 11.8 Å². The van der Waals surface area contributed by atoms with Crippen molar-refractivity contribution in [2.24, 2.45) is 0 Å². The molecule has 3 N–H and O–H groups in total. The van der Waals surface area contributed by atoms with Crippen LogP contribution in [0.2, 0.25) is 0 Å². The zero-order valence-electron chi connectivity index (χ0n) is 27.6. The average Bonchev–Trinajstić information content (AvgIpc) is 3.11. The highest BCUT2D eigenvalue weighted by Gasteiger charge is 2.27. The molecular weight excluding hydrogens is 677 g/mol. The van der Waals surface area contributed by atoms with E-state index in [2.05, 4.69) is 22.8 Å². The number of carboxylic acid groups (broad SMARTS) is 1. The van der Waals surface area contributed by atoms with Crippen LogP contribution in [0.25, 0.3) is 0 Å². The number of benzene rings is 4. The number of hydrogen-bond donors (Lipinski definition) is 3. The van der Waals surface area contributed by atoms with Crippen molar-refractivity contribution in [3.8, 4) is 5.75 Å². The van der Waals surface area contributed by atoms with E-state index in [0.29, 0.717) is 34.2 Å². The van der Waals surface area contributed by atoms with Gasteiger partial charge < -0.3 is 20.5 Å². The summed E-state index contributed by atoms with van der Waals surface area (Å²) in [5, 5.41) is 14.5. The van der Waals surface area contributed by atoms with Gasteiger partial charge >= 0.3 is 11.8 Å². The van der Waals surface area contributed by atoms with Gasteiger partial charge in [-0.2, -0.15) is 8.78 Å². The predicted octanol–water partition coefficient (Wildman–Crippen LogP) is 9.00. The molecular formula is C39H41F2N2O5PS. The van der Waals surface area contributed by atoms with Crippen molar-refractivity contribution in [2.45, 2.75) is 73.3 Å². The number of carboxylic acids is 1. The number of anilines is 1. The van der Waals surface area contributed by atoms with E-state index in [1.807, 2.05) is 42.5 Å². The van der Waals surface area contributed by atoms with E-state index in [1.54, 1.807) is 36.4 Å². The van der Waals surface area contributed by atoms with Crippen molar-refractivity contribution in [3.63, 3.8) is 0 Å². The first-order valence-electron chi connectivity index (χ1n) is 16.7. The van der Waals surface area contributed by atoms with Crippen LogP contribution in [0.15, 0.2) is 102 Å². The van der Waals surface area contributed by atoms with Crippen LogP contribution in [0.4, 0.5) is 14.5 Å². The molecule has 0 aliphatic heterocycles. The normalized spacial score (nSPS) is 14.1. The van der Waals surface area contributed by atoms with Crippen LogP contribution in [0, 0.1) is 0 Å². The lowest BCUT2D eigenvalue weighted by Crippen LogP contribution is -2.26. The van der Waals surface area contributed by atoms with Crippen molar-refractivity contribution in [1.82, 2.24) is 5.32 Å². The van der Waals surface area contributed by atoms with Gasteiger partial charge in [-0.1, -0.05) is 86.0 Å². The molecule has 5 rings (SSSR count). The van der Waals surface area contributed by atoms with Crippen molar-refractivity contribution in [2.75, 3.05) is 11.9 Å². The third-order valence-corrected chi connectivity index (χ3v) is 9.93. The van der Waals surface area contributed by atoms with Gasteiger partial charge in [0.05, 0.1) is 17.2 Å². The van der Waals surface area contributed by atoms with Gasteiger partial charge in [-0.3, -0.25) is 14.4 Å². The molecule has 11 heteroatoms. The fraction of sp³-hybridized carbons (Fsp3) is 0.308. The SMILES string of the molecule is O=C(O)CCNC(=O)c1ccc(CC(C(=O)Nc2ccc(OC(F)(F)P)c(SCc3ccccc3)c2)c2ccc(C3CCCCC3)cc2)cc1. The van der Waals surface area contributed by atoms with Crippen molar-refractivity contribution < 1.29 is 33.0 Å². The van der Waals surface area contributed by atoms with Crippen molar-refractivity contribution >= 4 is 44.5 Å². The van der Waals surface area contributed by atoms with E-state index in [0.717, 1.165) is 29.5 Å². The minimum absolute atomic E-state index is 0.00543. The molecule has 1 aliphatic rings. The summed E-state index contributed by atoms with van der Waals surface area (Å²) in [6, 6.07) is 29.4. The molecule has 1 saturated carbocycles. The minimum Gasteiger partial charge on any atom is -0.481 e. The molecule has 7 nitrogen and oxygen atoms in total. The maximum Gasteiger partial charge on any atom is 0.408 e. The molecule has 262 valence electrons. The third kappa shape index (κ3) is 11.1. The number of carbonyl (C=O) groups is 3. The number of hydrogen-bond acceptors (Lipinski definition) is 5. The second-order valence-corrected chi connectivity index (χ2v) is 14.1. The molecule has 0 heterocycles. The molecule has 4 aromatic rings. The number of halogens is 2. The van der Waals surface area contributed by atoms with Crippen LogP contribution in [0.1, 0.15) is 83.0 Å². The number of alkyl halides is 2. The number of nitrogens with one attached hydrogen (secondary N) is 2. The topological polar surface area (TPSA) is 105 Å². The standard InChI is InChI=1S/C39H41F2N2O5PS/c40-39(41,49)48-34-20-19-32(24-35(34)50-25-27-7-3-1-4-8-27)43-38(47)33(30-17-15-29(16-18-30)28-9-5-2-6-10-28)23-26-11-13-31(14-12-26)37(46)42-22-21-36(44)45/h1,3-4,7-8,11-20,24,28,33H,2,5-6,9-10,21-23,25,49H2,(H,42,46)(H,43,47)(H,44,45). The van der Waals surface area contributed by atoms with E-state index in [9.17, 15) is 23.2 Å². The molecule has 0 bridgehead atoms. The van der Waals surface area contributed by atoms with Crippen LogP contribution in [-0.2, 0) is 21.8 Å². The number of rotatable bonds is 15. The highest BCUT2D eigenvalue weighted by atomic mass is 32.2. The lowest BCUT2D eigenvalue weighted by Gasteiger charge is -2.23. The Hall–Kier alpha value is -4.27. The van der Waals surface area contributed by atoms with Gasteiger partial charge in [0.1, 0.15) is 5.75 Å².